The van der Waals surface area contributed by atoms with Crippen LogP contribution in [-0.2, 0) is 15.8 Å². The molecule has 1 fully saturated rings. The van der Waals surface area contributed by atoms with Gasteiger partial charge < -0.3 is 5.32 Å². The smallest absolute Gasteiger partial charge is 0.324 e. The second-order valence-electron chi connectivity index (χ2n) is 7.27. The van der Waals surface area contributed by atoms with Gasteiger partial charge in [-0.1, -0.05) is 37.6 Å². The van der Waals surface area contributed by atoms with E-state index in [1.54, 1.807) is 12.1 Å². The third-order valence-corrected chi connectivity index (χ3v) is 5.53. The molecule has 30 heavy (non-hydrogen) atoms. The van der Waals surface area contributed by atoms with Gasteiger partial charge >= 0.3 is 6.18 Å². The van der Waals surface area contributed by atoms with Crippen LogP contribution in [0.25, 0.3) is 0 Å². The molecular weight excluding hydrogens is 419 g/mol. The van der Waals surface area contributed by atoms with Crippen molar-refractivity contribution in [1.82, 2.24) is 4.98 Å². The van der Waals surface area contributed by atoms with E-state index < -0.39 is 29.6 Å². The number of hydrogen-bond donors (Lipinski definition) is 1. The summed E-state index contributed by atoms with van der Waals surface area (Å²) in [5, 5.41) is 2.42. The van der Waals surface area contributed by atoms with E-state index >= 15 is 0 Å². The van der Waals surface area contributed by atoms with Gasteiger partial charge in [0.2, 0.25) is 11.8 Å². The summed E-state index contributed by atoms with van der Waals surface area (Å²) >= 11 is 5.98. The van der Waals surface area contributed by atoms with Crippen LogP contribution in [0, 0.1) is 0 Å². The number of carbonyl (C=O) groups excluding carboxylic acids is 2. The van der Waals surface area contributed by atoms with E-state index in [4.69, 9.17) is 11.6 Å². The standard InChI is InChI=1S/C21H21ClF3N3O2/c1-3-12(2)13-4-6-15(7-5-13)27-20(30)17-8-9-18(29)28(17)19-16(22)10-14(11-26-19)21(23,24)25/h4-7,10-12,17H,3,8-9H2,1-2H3,(H,27,30)/t12?,17-/m0/s1. The summed E-state index contributed by atoms with van der Waals surface area (Å²) in [6, 6.07) is 7.21. The van der Waals surface area contributed by atoms with Crippen LogP contribution in [0.15, 0.2) is 36.5 Å². The summed E-state index contributed by atoms with van der Waals surface area (Å²) in [6.45, 7) is 4.20. The monoisotopic (exact) mass is 439 g/mol. The Morgan fingerprint density at radius 2 is 2.00 bits per heavy atom. The maximum atomic E-state index is 12.9. The summed E-state index contributed by atoms with van der Waals surface area (Å²) < 4.78 is 38.6. The molecule has 0 bridgehead atoms. The van der Waals surface area contributed by atoms with E-state index in [1.165, 1.54) is 0 Å². The van der Waals surface area contributed by atoms with E-state index in [-0.39, 0.29) is 23.7 Å². The molecule has 160 valence electrons. The highest BCUT2D eigenvalue weighted by atomic mass is 35.5. The summed E-state index contributed by atoms with van der Waals surface area (Å²) in [4.78, 5) is 30.0. The average molecular weight is 440 g/mol. The molecule has 1 N–H and O–H groups in total. The first-order chi connectivity index (χ1) is 14.1. The number of halogens is 4. The third-order valence-electron chi connectivity index (χ3n) is 5.25. The first-order valence-corrected chi connectivity index (χ1v) is 9.95. The van der Waals surface area contributed by atoms with Crippen molar-refractivity contribution in [3.8, 4) is 0 Å². The molecule has 1 aromatic heterocycles. The third kappa shape index (κ3) is 4.59. The second-order valence-corrected chi connectivity index (χ2v) is 7.67. The van der Waals surface area contributed by atoms with Gasteiger partial charge in [-0.3, -0.25) is 14.5 Å². The molecule has 1 aliphatic rings. The molecule has 2 amide bonds. The first kappa shape index (κ1) is 22.1. The lowest BCUT2D eigenvalue weighted by atomic mass is 9.98. The largest absolute Gasteiger partial charge is 0.417 e. The Hall–Kier alpha value is -2.61. The number of pyridine rings is 1. The number of carbonyl (C=O) groups is 2. The molecule has 3 rings (SSSR count). The van der Waals surface area contributed by atoms with Gasteiger partial charge in [-0.15, -0.1) is 0 Å². The van der Waals surface area contributed by atoms with Crippen molar-refractivity contribution in [1.29, 1.82) is 0 Å². The molecule has 5 nitrogen and oxygen atoms in total. The summed E-state index contributed by atoms with van der Waals surface area (Å²) in [6.07, 6.45) is -2.72. The van der Waals surface area contributed by atoms with Gasteiger partial charge in [0.05, 0.1) is 10.6 Å². The fourth-order valence-electron chi connectivity index (χ4n) is 3.32. The quantitative estimate of drug-likeness (QED) is 0.678. The van der Waals surface area contributed by atoms with Crippen molar-refractivity contribution in [3.05, 3.63) is 52.7 Å². The van der Waals surface area contributed by atoms with Crippen LogP contribution in [0.2, 0.25) is 5.02 Å². The van der Waals surface area contributed by atoms with E-state index in [9.17, 15) is 22.8 Å². The number of benzene rings is 1. The number of alkyl halides is 3. The lowest BCUT2D eigenvalue weighted by Gasteiger charge is -2.24. The molecule has 1 unspecified atom stereocenters. The molecule has 2 heterocycles. The van der Waals surface area contributed by atoms with E-state index in [1.807, 2.05) is 12.1 Å². The number of anilines is 2. The van der Waals surface area contributed by atoms with Crippen LogP contribution in [0.4, 0.5) is 24.7 Å². The molecule has 0 radical (unpaired) electrons. The fourth-order valence-corrected chi connectivity index (χ4v) is 3.57. The van der Waals surface area contributed by atoms with Gasteiger partial charge in [0.15, 0.2) is 5.82 Å². The molecule has 0 spiro atoms. The predicted molar refractivity (Wildman–Crippen MR) is 109 cm³/mol. The highest BCUT2D eigenvalue weighted by Gasteiger charge is 2.40. The van der Waals surface area contributed by atoms with Crippen molar-refractivity contribution in [2.45, 2.75) is 51.2 Å². The van der Waals surface area contributed by atoms with Crippen LogP contribution < -0.4 is 10.2 Å². The minimum Gasteiger partial charge on any atom is -0.324 e. The fraction of sp³-hybridized carbons (Fsp3) is 0.381. The zero-order valence-electron chi connectivity index (χ0n) is 16.5. The highest BCUT2D eigenvalue weighted by Crippen LogP contribution is 2.36. The van der Waals surface area contributed by atoms with Crippen molar-refractivity contribution in [2.24, 2.45) is 0 Å². The van der Waals surface area contributed by atoms with Crippen molar-refractivity contribution >= 4 is 34.9 Å². The maximum absolute atomic E-state index is 12.9. The lowest BCUT2D eigenvalue weighted by Crippen LogP contribution is -2.42. The van der Waals surface area contributed by atoms with E-state index in [0.717, 1.165) is 16.9 Å². The van der Waals surface area contributed by atoms with Crippen molar-refractivity contribution in [2.75, 3.05) is 10.2 Å². The van der Waals surface area contributed by atoms with Gasteiger partial charge in [-0.25, -0.2) is 4.98 Å². The minimum absolute atomic E-state index is 0.0735. The Kier molecular flexibility index (Phi) is 6.36. The maximum Gasteiger partial charge on any atom is 0.417 e. The minimum atomic E-state index is -4.61. The van der Waals surface area contributed by atoms with Gasteiger partial charge in [0.1, 0.15) is 6.04 Å². The number of rotatable bonds is 5. The summed E-state index contributed by atoms with van der Waals surface area (Å²) in [5.41, 5.74) is 0.692. The Labute approximate surface area is 177 Å². The molecule has 2 aromatic rings. The van der Waals surface area contributed by atoms with Gasteiger partial charge in [0, 0.05) is 18.3 Å². The Morgan fingerprint density at radius 1 is 1.33 bits per heavy atom. The van der Waals surface area contributed by atoms with Crippen LogP contribution in [0.3, 0.4) is 0 Å². The first-order valence-electron chi connectivity index (χ1n) is 9.57. The Morgan fingerprint density at radius 3 is 2.57 bits per heavy atom. The summed E-state index contributed by atoms with van der Waals surface area (Å²) in [7, 11) is 0. The molecule has 1 aromatic carbocycles. The Balaban J connectivity index is 1.80. The second kappa shape index (κ2) is 8.63. The molecule has 0 aliphatic carbocycles. The number of nitrogens with zero attached hydrogens (tertiary/aromatic N) is 2. The predicted octanol–water partition coefficient (Wildman–Crippen LogP) is 5.40. The van der Waals surface area contributed by atoms with Crippen LogP contribution in [0.5, 0.6) is 0 Å². The Bertz CT molecular complexity index is 948. The topological polar surface area (TPSA) is 62.3 Å². The van der Waals surface area contributed by atoms with Gasteiger partial charge in [-0.05, 0) is 42.5 Å². The van der Waals surface area contributed by atoms with Crippen molar-refractivity contribution < 1.29 is 22.8 Å². The van der Waals surface area contributed by atoms with Crippen molar-refractivity contribution in [3.63, 3.8) is 0 Å². The zero-order chi connectivity index (χ0) is 22.1. The van der Waals surface area contributed by atoms with Crippen LogP contribution in [0.1, 0.15) is 50.2 Å². The lowest BCUT2D eigenvalue weighted by molar-refractivity contribution is -0.137. The molecule has 1 aliphatic heterocycles. The van der Waals surface area contributed by atoms with Gasteiger partial charge in [-0.2, -0.15) is 13.2 Å². The van der Waals surface area contributed by atoms with E-state index in [2.05, 4.69) is 24.1 Å². The van der Waals surface area contributed by atoms with Crippen LogP contribution >= 0.6 is 11.6 Å². The van der Waals surface area contributed by atoms with E-state index in [0.29, 0.717) is 23.9 Å². The number of amides is 2. The molecule has 1 saturated heterocycles. The number of hydrogen-bond acceptors (Lipinski definition) is 3. The average Bonchev–Trinajstić information content (AvgIpc) is 3.08. The highest BCUT2D eigenvalue weighted by molar-refractivity contribution is 6.33. The molecule has 0 saturated carbocycles. The normalized spacial score (nSPS) is 17.9. The molecular formula is C21H21ClF3N3O2. The van der Waals surface area contributed by atoms with Gasteiger partial charge in [0.25, 0.3) is 0 Å². The number of nitrogens with one attached hydrogen (secondary N) is 1. The summed E-state index contributed by atoms with van der Waals surface area (Å²) in [5.74, 6) is -0.628. The van der Waals surface area contributed by atoms with Crippen LogP contribution in [-0.4, -0.2) is 22.8 Å². The molecule has 2 atom stereocenters. The SMILES string of the molecule is CCC(C)c1ccc(NC(=O)[C@@H]2CCC(=O)N2c2ncc(C(F)(F)F)cc2Cl)cc1. The molecule has 9 heteroatoms. The zero-order valence-corrected chi connectivity index (χ0v) is 17.2. The number of aromatic nitrogens is 1.